The van der Waals surface area contributed by atoms with Crippen LogP contribution in [0.25, 0.3) is 0 Å². The lowest BCUT2D eigenvalue weighted by atomic mass is 9.73. The van der Waals surface area contributed by atoms with Crippen molar-refractivity contribution in [1.29, 1.82) is 0 Å². The maximum atomic E-state index is 12.5. The molecule has 1 saturated carbocycles. The lowest BCUT2D eigenvalue weighted by molar-refractivity contribution is -0.125. The molecule has 0 bridgehead atoms. The molecule has 2 N–H and O–H groups in total. The fourth-order valence-electron chi connectivity index (χ4n) is 2.86. The highest BCUT2D eigenvalue weighted by Gasteiger charge is 2.37. The lowest BCUT2D eigenvalue weighted by Crippen LogP contribution is -2.51. The Kier molecular flexibility index (Phi) is 4.70. The van der Waals surface area contributed by atoms with Gasteiger partial charge in [-0.2, -0.15) is 0 Å². The van der Waals surface area contributed by atoms with Gasteiger partial charge >= 0.3 is 0 Å². The Balaban J connectivity index is 2.12. The summed E-state index contributed by atoms with van der Waals surface area (Å²) in [7, 11) is 0. The van der Waals surface area contributed by atoms with E-state index in [-0.39, 0.29) is 5.78 Å². The topological polar surface area (TPSA) is 43.1 Å². The van der Waals surface area contributed by atoms with E-state index in [1.807, 2.05) is 18.2 Å². The molecule has 0 aromatic heterocycles. The van der Waals surface area contributed by atoms with Crippen molar-refractivity contribution in [1.82, 2.24) is 0 Å². The minimum Gasteiger partial charge on any atom is -0.319 e. The van der Waals surface area contributed by atoms with Gasteiger partial charge in [-0.3, -0.25) is 4.79 Å². The predicted molar refractivity (Wildman–Crippen MR) is 82.4 cm³/mol. The van der Waals surface area contributed by atoms with Gasteiger partial charge in [0.1, 0.15) is 0 Å². The Morgan fingerprint density at radius 3 is 2.95 bits per heavy atom. The van der Waals surface area contributed by atoms with E-state index in [1.54, 1.807) is 0 Å². The summed E-state index contributed by atoms with van der Waals surface area (Å²) in [4.78, 5) is 12.5. The number of nitrogens with two attached hydrogens (primary N) is 1. The largest absolute Gasteiger partial charge is 0.319 e. The van der Waals surface area contributed by atoms with Crippen LogP contribution in [0.4, 0.5) is 0 Å². The summed E-state index contributed by atoms with van der Waals surface area (Å²) >= 11 is 9.53. The number of ketones is 1. The summed E-state index contributed by atoms with van der Waals surface area (Å²) in [6.45, 7) is 2.17. The zero-order valence-corrected chi connectivity index (χ0v) is 13.4. The SMILES string of the molecule is CC1CCCC(N)(C(=O)Cc2ccc(Br)cc2Cl)C1. The summed E-state index contributed by atoms with van der Waals surface area (Å²) in [5.74, 6) is 0.645. The highest BCUT2D eigenvalue weighted by Crippen LogP contribution is 2.32. The van der Waals surface area contributed by atoms with Gasteiger partial charge in [0.15, 0.2) is 5.78 Å². The Morgan fingerprint density at radius 2 is 2.32 bits per heavy atom. The van der Waals surface area contributed by atoms with Crippen molar-refractivity contribution >= 4 is 33.3 Å². The highest BCUT2D eigenvalue weighted by molar-refractivity contribution is 9.10. The van der Waals surface area contributed by atoms with Gasteiger partial charge in [0, 0.05) is 15.9 Å². The monoisotopic (exact) mass is 343 g/mol. The van der Waals surface area contributed by atoms with Crippen molar-refractivity contribution in [3.05, 3.63) is 33.3 Å². The minimum absolute atomic E-state index is 0.114. The van der Waals surface area contributed by atoms with E-state index in [9.17, 15) is 4.79 Å². The van der Waals surface area contributed by atoms with Crippen molar-refractivity contribution in [2.45, 2.75) is 44.6 Å². The van der Waals surface area contributed by atoms with E-state index >= 15 is 0 Å². The summed E-state index contributed by atoms with van der Waals surface area (Å²) < 4.78 is 0.919. The molecule has 2 nitrogen and oxygen atoms in total. The van der Waals surface area contributed by atoms with Gasteiger partial charge in [0.2, 0.25) is 0 Å². The first-order valence-corrected chi connectivity index (χ1v) is 7.84. The number of hydrogen-bond acceptors (Lipinski definition) is 2. The average molecular weight is 345 g/mol. The molecule has 1 aromatic carbocycles. The van der Waals surface area contributed by atoms with Gasteiger partial charge in [0.05, 0.1) is 5.54 Å². The van der Waals surface area contributed by atoms with Crippen LogP contribution < -0.4 is 5.73 Å². The standard InChI is InChI=1S/C15H19BrClNO/c1-10-3-2-6-15(18,9-10)14(19)7-11-4-5-12(16)8-13(11)17/h4-5,8,10H,2-3,6-7,9,18H2,1H3. The second-order valence-electron chi connectivity index (χ2n) is 5.69. The molecule has 0 aliphatic heterocycles. The Morgan fingerprint density at radius 1 is 1.58 bits per heavy atom. The smallest absolute Gasteiger partial charge is 0.157 e. The molecule has 4 heteroatoms. The van der Waals surface area contributed by atoms with Gasteiger partial charge in [-0.15, -0.1) is 0 Å². The van der Waals surface area contributed by atoms with Crippen LogP contribution in [0.1, 0.15) is 38.2 Å². The molecule has 0 spiro atoms. The van der Waals surface area contributed by atoms with Crippen LogP contribution in [-0.4, -0.2) is 11.3 Å². The van der Waals surface area contributed by atoms with Crippen molar-refractivity contribution in [2.24, 2.45) is 11.7 Å². The molecule has 1 fully saturated rings. The summed E-state index contributed by atoms with van der Waals surface area (Å²) in [5.41, 5.74) is 6.52. The van der Waals surface area contributed by atoms with Crippen LogP contribution in [0.2, 0.25) is 5.02 Å². The van der Waals surface area contributed by atoms with Crippen LogP contribution in [0.3, 0.4) is 0 Å². The van der Waals surface area contributed by atoms with E-state index in [0.717, 1.165) is 29.3 Å². The second-order valence-corrected chi connectivity index (χ2v) is 7.02. The molecule has 0 radical (unpaired) electrons. The molecule has 1 aliphatic rings. The van der Waals surface area contributed by atoms with Crippen molar-refractivity contribution < 1.29 is 4.79 Å². The molecule has 19 heavy (non-hydrogen) atoms. The second kappa shape index (κ2) is 5.94. The first-order chi connectivity index (χ1) is 8.90. The number of carbonyl (C=O) groups excluding carboxylic acids is 1. The summed E-state index contributed by atoms with van der Waals surface area (Å²) in [6, 6.07) is 5.61. The molecule has 0 saturated heterocycles. The molecule has 2 atom stereocenters. The molecule has 2 rings (SSSR count). The van der Waals surface area contributed by atoms with E-state index < -0.39 is 5.54 Å². The van der Waals surface area contributed by atoms with Crippen molar-refractivity contribution in [2.75, 3.05) is 0 Å². The number of carbonyl (C=O) groups is 1. The zero-order valence-electron chi connectivity index (χ0n) is 11.1. The number of hydrogen-bond donors (Lipinski definition) is 1. The first-order valence-electron chi connectivity index (χ1n) is 6.67. The highest BCUT2D eigenvalue weighted by atomic mass is 79.9. The van der Waals surface area contributed by atoms with Crippen LogP contribution >= 0.6 is 27.5 Å². The minimum atomic E-state index is -0.659. The van der Waals surface area contributed by atoms with E-state index in [4.69, 9.17) is 17.3 Å². The number of benzene rings is 1. The third-order valence-electron chi connectivity index (χ3n) is 3.95. The van der Waals surface area contributed by atoms with E-state index in [2.05, 4.69) is 22.9 Å². The van der Waals surface area contributed by atoms with Crippen LogP contribution in [0.5, 0.6) is 0 Å². The maximum absolute atomic E-state index is 12.5. The molecule has 0 amide bonds. The molecule has 1 aliphatic carbocycles. The molecule has 1 aromatic rings. The predicted octanol–water partition coefficient (Wildman–Crippen LogP) is 4.12. The van der Waals surface area contributed by atoms with Gasteiger partial charge in [0.25, 0.3) is 0 Å². The molecule has 0 heterocycles. The summed E-state index contributed by atoms with van der Waals surface area (Å²) in [5, 5.41) is 0.621. The Bertz CT molecular complexity index is 491. The normalized spacial score (nSPS) is 27.3. The lowest BCUT2D eigenvalue weighted by Gasteiger charge is -2.35. The van der Waals surface area contributed by atoms with E-state index in [1.165, 1.54) is 6.42 Å². The van der Waals surface area contributed by atoms with Gasteiger partial charge < -0.3 is 5.73 Å². The maximum Gasteiger partial charge on any atom is 0.157 e. The van der Waals surface area contributed by atoms with Gasteiger partial charge in [-0.1, -0.05) is 53.4 Å². The third kappa shape index (κ3) is 3.59. The number of halogens is 2. The van der Waals surface area contributed by atoms with Crippen LogP contribution in [0, 0.1) is 5.92 Å². The van der Waals surface area contributed by atoms with Crippen LogP contribution in [-0.2, 0) is 11.2 Å². The molecule has 2 unspecified atom stereocenters. The average Bonchev–Trinajstić information content (AvgIpc) is 2.32. The first kappa shape index (κ1) is 15.0. The molecule has 104 valence electrons. The number of Topliss-reactive ketones (excluding diaryl/α,β-unsaturated/α-hetero) is 1. The molecular formula is C15H19BrClNO. The quantitative estimate of drug-likeness (QED) is 0.896. The van der Waals surface area contributed by atoms with E-state index in [0.29, 0.717) is 17.4 Å². The van der Waals surface area contributed by atoms with Crippen molar-refractivity contribution in [3.63, 3.8) is 0 Å². The Hall–Kier alpha value is -0.380. The third-order valence-corrected chi connectivity index (χ3v) is 4.80. The fourth-order valence-corrected chi connectivity index (χ4v) is 3.60. The Labute approximate surface area is 127 Å². The zero-order chi connectivity index (χ0) is 14.0. The van der Waals surface area contributed by atoms with Crippen molar-refractivity contribution in [3.8, 4) is 0 Å². The van der Waals surface area contributed by atoms with Gasteiger partial charge in [-0.05, 0) is 36.5 Å². The fraction of sp³-hybridized carbons (Fsp3) is 0.533. The number of rotatable bonds is 3. The summed E-state index contributed by atoms with van der Waals surface area (Å²) in [6.07, 6.45) is 4.13. The van der Waals surface area contributed by atoms with Gasteiger partial charge in [-0.25, -0.2) is 0 Å². The van der Waals surface area contributed by atoms with Crippen LogP contribution in [0.15, 0.2) is 22.7 Å². The molecular weight excluding hydrogens is 326 g/mol.